The van der Waals surface area contributed by atoms with Crippen molar-refractivity contribution in [3.63, 3.8) is 0 Å². The molecule has 0 fully saturated rings. The smallest absolute Gasteiger partial charge is 0.337 e. The second-order valence-electron chi connectivity index (χ2n) is 6.95. The Kier molecular flexibility index (Phi) is 10.5. The van der Waals surface area contributed by atoms with Crippen LogP contribution in [-0.2, 0) is 29.2 Å². The Labute approximate surface area is 167 Å². The van der Waals surface area contributed by atoms with Crippen LogP contribution in [0.5, 0.6) is 0 Å². The van der Waals surface area contributed by atoms with Crippen LogP contribution < -0.4 is 0 Å². The van der Waals surface area contributed by atoms with E-state index in [1.165, 1.54) is 12.2 Å². The topological polar surface area (TPSA) is 107 Å². The molecule has 1 atom stereocenters. The lowest BCUT2D eigenvalue weighted by molar-refractivity contribution is -0.146. The van der Waals surface area contributed by atoms with Crippen LogP contribution in [0.2, 0.25) is 0 Å². The van der Waals surface area contributed by atoms with Gasteiger partial charge in [0.25, 0.3) is 10.1 Å². The summed E-state index contributed by atoms with van der Waals surface area (Å²) in [6.07, 6.45) is 10.5. The van der Waals surface area contributed by atoms with Gasteiger partial charge in [0.05, 0.1) is 18.8 Å². The van der Waals surface area contributed by atoms with Crippen molar-refractivity contribution >= 4 is 22.1 Å². The van der Waals surface area contributed by atoms with Crippen molar-refractivity contribution in [1.29, 1.82) is 0 Å². The highest BCUT2D eigenvalue weighted by molar-refractivity contribution is 7.88. The molecule has 0 aromatic heterocycles. The molecule has 1 aliphatic carbocycles. The Morgan fingerprint density at radius 3 is 2.04 bits per heavy atom. The van der Waals surface area contributed by atoms with Crippen LogP contribution in [0.1, 0.15) is 71.6 Å². The highest BCUT2D eigenvalue weighted by atomic mass is 32.2. The fraction of sp³-hybridized carbons (Fsp3) is 0.700. The molecule has 0 saturated carbocycles. The Balaban J connectivity index is 2.68. The number of carbonyl (C=O) groups excluding carboxylic acids is 2. The summed E-state index contributed by atoms with van der Waals surface area (Å²) in [5.74, 6) is -1.62. The first-order chi connectivity index (χ1) is 13.3. The molecule has 0 heterocycles. The largest absolute Gasteiger partial charge is 0.464 e. The summed E-state index contributed by atoms with van der Waals surface area (Å²) in [4.78, 5) is 24.5. The summed E-state index contributed by atoms with van der Waals surface area (Å²) in [6, 6.07) is 0. The maximum Gasteiger partial charge on any atom is 0.337 e. The minimum Gasteiger partial charge on any atom is -0.464 e. The van der Waals surface area contributed by atoms with E-state index in [9.17, 15) is 22.6 Å². The van der Waals surface area contributed by atoms with E-state index in [4.69, 9.17) is 9.47 Å². The fourth-order valence-corrected chi connectivity index (χ4v) is 3.62. The average Bonchev–Trinajstić information content (AvgIpc) is 2.66. The second kappa shape index (κ2) is 12.0. The average molecular weight is 417 g/mol. The molecular formula is C20H32O7S. The van der Waals surface area contributed by atoms with Crippen molar-refractivity contribution in [2.75, 3.05) is 13.2 Å². The van der Waals surface area contributed by atoms with E-state index < -0.39 is 26.8 Å². The Hall–Kier alpha value is -1.67. The summed E-state index contributed by atoms with van der Waals surface area (Å²) in [5.41, 5.74) is 0.158. The van der Waals surface area contributed by atoms with Crippen LogP contribution in [0.15, 0.2) is 23.8 Å². The van der Waals surface area contributed by atoms with Crippen LogP contribution in [0.25, 0.3) is 0 Å². The molecule has 7 nitrogen and oxygen atoms in total. The molecule has 8 heteroatoms. The van der Waals surface area contributed by atoms with Gasteiger partial charge in [-0.25, -0.2) is 9.59 Å². The van der Waals surface area contributed by atoms with Gasteiger partial charge in [0, 0.05) is 6.42 Å². The predicted octanol–water partition coefficient (Wildman–Crippen LogP) is 3.75. The van der Waals surface area contributed by atoms with Gasteiger partial charge < -0.3 is 9.47 Å². The molecule has 1 unspecified atom stereocenters. The molecule has 0 aromatic carbocycles. The summed E-state index contributed by atoms with van der Waals surface area (Å²) < 4.78 is 41.4. The highest BCUT2D eigenvalue weighted by Crippen LogP contribution is 2.31. The van der Waals surface area contributed by atoms with Crippen molar-refractivity contribution in [2.45, 2.75) is 76.4 Å². The van der Waals surface area contributed by atoms with Crippen LogP contribution in [0, 0.1) is 0 Å². The maximum absolute atomic E-state index is 12.4. The first kappa shape index (κ1) is 24.4. The van der Waals surface area contributed by atoms with Crippen LogP contribution in [0.3, 0.4) is 0 Å². The zero-order chi connectivity index (χ0) is 21.0. The van der Waals surface area contributed by atoms with Crippen molar-refractivity contribution in [2.24, 2.45) is 0 Å². The molecule has 1 N–H and O–H groups in total. The summed E-state index contributed by atoms with van der Waals surface area (Å²) in [6.45, 7) is 4.50. The number of hydrogen-bond acceptors (Lipinski definition) is 6. The monoisotopic (exact) mass is 416 g/mol. The van der Waals surface area contributed by atoms with Crippen molar-refractivity contribution < 1.29 is 32.0 Å². The molecule has 1 rings (SSSR count). The molecule has 0 aliphatic heterocycles. The maximum atomic E-state index is 12.4. The van der Waals surface area contributed by atoms with E-state index in [0.717, 1.165) is 51.0 Å². The number of esters is 2. The second-order valence-corrected chi connectivity index (χ2v) is 8.63. The molecule has 160 valence electrons. The Bertz CT molecular complexity index is 679. The molecule has 0 amide bonds. The molecule has 0 aromatic rings. The minimum atomic E-state index is -4.77. The van der Waals surface area contributed by atoms with Gasteiger partial charge in [-0.2, -0.15) is 8.42 Å². The summed E-state index contributed by atoms with van der Waals surface area (Å²) in [7, 11) is -4.77. The molecule has 0 bridgehead atoms. The molecule has 0 saturated heterocycles. The van der Waals surface area contributed by atoms with Gasteiger partial charge >= 0.3 is 11.9 Å². The summed E-state index contributed by atoms with van der Waals surface area (Å²) >= 11 is 0. The van der Waals surface area contributed by atoms with Gasteiger partial charge in [0.15, 0.2) is 0 Å². The standard InChI is InChI=1S/C20H32O7S/c1-3-5-7-9-15-26-18(21)17-11-13-20(14-12-17,28(23,24)25)19(22)27-16-10-8-6-4-2/h11-13H,3-10,14-16H2,1-2H3,(H,23,24,25). The number of hydrogen-bond donors (Lipinski definition) is 1. The van der Waals surface area contributed by atoms with Gasteiger partial charge in [0.1, 0.15) is 0 Å². The van der Waals surface area contributed by atoms with Crippen molar-refractivity contribution in [3.05, 3.63) is 23.8 Å². The molecule has 0 radical (unpaired) electrons. The molecule has 0 spiro atoms. The zero-order valence-electron chi connectivity index (χ0n) is 16.8. The van der Waals surface area contributed by atoms with E-state index >= 15 is 0 Å². The quantitative estimate of drug-likeness (QED) is 0.277. The van der Waals surface area contributed by atoms with Crippen LogP contribution in [0.4, 0.5) is 0 Å². The summed E-state index contributed by atoms with van der Waals surface area (Å²) in [5, 5.41) is 0. The number of carbonyl (C=O) groups is 2. The molecule has 28 heavy (non-hydrogen) atoms. The predicted molar refractivity (Wildman–Crippen MR) is 106 cm³/mol. The van der Waals surface area contributed by atoms with E-state index in [0.29, 0.717) is 6.42 Å². The van der Waals surface area contributed by atoms with Gasteiger partial charge in [-0.15, -0.1) is 0 Å². The lowest BCUT2D eigenvalue weighted by Crippen LogP contribution is -2.46. The van der Waals surface area contributed by atoms with Crippen molar-refractivity contribution in [1.82, 2.24) is 0 Å². The lowest BCUT2D eigenvalue weighted by Gasteiger charge is -2.26. The number of rotatable bonds is 13. The third-order valence-electron chi connectivity index (χ3n) is 4.66. The first-order valence-corrected chi connectivity index (χ1v) is 11.4. The number of unbranched alkanes of at least 4 members (excludes halogenated alkanes) is 6. The van der Waals surface area contributed by atoms with Gasteiger partial charge in [0.2, 0.25) is 4.75 Å². The van der Waals surface area contributed by atoms with Crippen LogP contribution >= 0.6 is 0 Å². The van der Waals surface area contributed by atoms with E-state index in [1.54, 1.807) is 0 Å². The fourth-order valence-electron chi connectivity index (χ4n) is 2.81. The van der Waals surface area contributed by atoms with Gasteiger partial charge in [-0.1, -0.05) is 58.4 Å². The highest BCUT2D eigenvalue weighted by Gasteiger charge is 2.50. The SMILES string of the molecule is CCCCCCOC(=O)C1=CCC(C(=O)OCCCCCC)(S(=O)(=O)O)C=C1. The van der Waals surface area contributed by atoms with Gasteiger partial charge in [-0.05, 0) is 25.0 Å². The number of allylic oxidation sites excluding steroid dienone is 1. The third-order valence-corrected chi connectivity index (χ3v) is 6.05. The zero-order valence-corrected chi connectivity index (χ0v) is 17.6. The van der Waals surface area contributed by atoms with Gasteiger partial charge in [-0.3, -0.25) is 4.55 Å². The van der Waals surface area contributed by atoms with Crippen LogP contribution in [-0.4, -0.2) is 42.9 Å². The van der Waals surface area contributed by atoms with E-state index in [-0.39, 0.29) is 25.2 Å². The minimum absolute atomic E-state index is 0.0836. The Morgan fingerprint density at radius 2 is 1.57 bits per heavy atom. The normalized spacial score (nSPS) is 19.2. The van der Waals surface area contributed by atoms with Crippen molar-refractivity contribution in [3.8, 4) is 0 Å². The number of ether oxygens (including phenoxy) is 2. The molecular weight excluding hydrogens is 384 g/mol. The first-order valence-electron chi connectivity index (χ1n) is 9.99. The van der Waals surface area contributed by atoms with E-state index in [1.807, 2.05) is 6.92 Å². The third kappa shape index (κ3) is 7.05. The van der Waals surface area contributed by atoms with E-state index in [2.05, 4.69) is 6.92 Å². The lowest BCUT2D eigenvalue weighted by atomic mass is 9.95. The Morgan fingerprint density at radius 1 is 1.00 bits per heavy atom. The molecule has 1 aliphatic rings.